The van der Waals surface area contributed by atoms with Crippen LogP contribution in [0.3, 0.4) is 0 Å². The van der Waals surface area contributed by atoms with E-state index in [0.717, 1.165) is 13.0 Å². The van der Waals surface area contributed by atoms with Crippen molar-refractivity contribution in [2.75, 3.05) is 13.1 Å². The number of halogens is 2. The summed E-state index contributed by atoms with van der Waals surface area (Å²) < 4.78 is 0. The molecule has 2 rings (SSSR count). The van der Waals surface area contributed by atoms with Gasteiger partial charge in [-0.25, -0.2) is 0 Å². The molecule has 2 heterocycles. The van der Waals surface area contributed by atoms with Gasteiger partial charge in [0.15, 0.2) is 0 Å². The van der Waals surface area contributed by atoms with Crippen molar-refractivity contribution >= 4 is 41.3 Å². The minimum Gasteiger partial charge on any atom is -0.337 e. The Balaban J connectivity index is 0.00000162. The second kappa shape index (κ2) is 5.78. The number of hydrogen-bond donors (Lipinski definition) is 1. The van der Waals surface area contributed by atoms with Crippen LogP contribution in [0.15, 0.2) is 11.4 Å². The Kier molecular flexibility index (Phi) is 5.06. The maximum Gasteiger partial charge on any atom is 0.265 e. The van der Waals surface area contributed by atoms with E-state index in [-0.39, 0.29) is 29.8 Å². The van der Waals surface area contributed by atoms with E-state index in [9.17, 15) is 4.79 Å². The van der Waals surface area contributed by atoms with Gasteiger partial charge in [-0.2, -0.15) is 0 Å². The summed E-state index contributed by atoms with van der Waals surface area (Å²) in [6.07, 6.45) is 0.849. The van der Waals surface area contributed by atoms with Gasteiger partial charge in [-0.15, -0.1) is 23.7 Å². The molecule has 1 aliphatic heterocycles. The van der Waals surface area contributed by atoms with Crippen LogP contribution >= 0.6 is 35.3 Å². The van der Waals surface area contributed by atoms with Crippen LogP contribution in [0.4, 0.5) is 0 Å². The molecule has 0 bridgehead atoms. The fraction of sp³-hybridized carbons (Fsp3) is 0.583. The van der Waals surface area contributed by atoms with Gasteiger partial charge in [0.25, 0.3) is 5.91 Å². The Hall–Kier alpha value is -0.290. The Morgan fingerprint density at radius 1 is 1.61 bits per heavy atom. The molecule has 3 nitrogen and oxygen atoms in total. The van der Waals surface area contributed by atoms with Crippen molar-refractivity contribution in [1.82, 2.24) is 4.90 Å². The molecule has 0 aromatic carbocycles. The van der Waals surface area contributed by atoms with Crippen molar-refractivity contribution in [1.29, 1.82) is 0 Å². The van der Waals surface area contributed by atoms with Crippen LogP contribution in [0.25, 0.3) is 0 Å². The van der Waals surface area contributed by atoms with E-state index in [2.05, 4.69) is 13.8 Å². The van der Waals surface area contributed by atoms with Crippen molar-refractivity contribution in [2.24, 2.45) is 11.1 Å². The molecule has 6 heteroatoms. The normalized spacial score (nSPS) is 22.4. The Morgan fingerprint density at radius 3 is 2.78 bits per heavy atom. The van der Waals surface area contributed by atoms with E-state index < -0.39 is 0 Å². The number of nitrogens with zero attached hydrogens (tertiary/aromatic N) is 1. The molecule has 2 N–H and O–H groups in total. The SMILES string of the molecule is CC1(C)CN(C(=O)c2sccc2Cl)CCC1N.Cl. The lowest BCUT2D eigenvalue weighted by Crippen LogP contribution is -2.53. The van der Waals surface area contributed by atoms with Crippen LogP contribution in [-0.2, 0) is 0 Å². The molecule has 102 valence electrons. The van der Waals surface area contributed by atoms with Gasteiger partial charge in [0.2, 0.25) is 0 Å². The minimum atomic E-state index is -0.0301. The van der Waals surface area contributed by atoms with Crippen molar-refractivity contribution in [3.8, 4) is 0 Å². The number of hydrogen-bond acceptors (Lipinski definition) is 3. The Labute approximate surface area is 123 Å². The molecule has 1 unspecified atom stereocenters. The van der Waals surface area contributed by atoms with Gasteiger partial charge < -0.3 is 10.6 Å². The van der Waals surface area contributed by atoms with E-state index in [0.29, 0.717) is 16.4 Å². The topological polar surface area (TPSA) is 46.3 Å². The summed E-state index contributed by atoms with van der Waals surface area (Å²) in [5.41, 5.74) is 6.03. The number of nitrogens with two attached hydrogens (primary N) is 1. The van der Waals surface area contributed by atoms with Crippen LogP contribution in [0.5, 0.6) is 0 Å². The minimum absolute atomic E-state index is 0. The molecule has 1 aromatic heterocycles. The van der Waals surface area contributed by atoms with Crippen molar-refractivity contribution in [3.63, 3.8) is 0 Å². The maximum absolute atomic E-state index is 12.3. The monoisotopic (exact) mass is 308 g/mol. The first kappa shape index (κ1) is 15.8. The summed E-state index contributed by atoms with van der Waals surface area (Å²) in [5.74, 6) is 0.0324. The highest BCUT2D eigenvalue weighted by Crippen LogP contribution is 2.31. The highest BCUT2D eigenvalue weighted by atomic mass is 35.5. The number of carbonyl (C=O) groups excluding carboxylic acids is 1. The first-order chi connectivity index (χ1) is 7.92. The summed E-state index contributed by atoms with van der Waals surface area (Å²) in [7, 11) is 0. The van der Waals surface area contributed by atoms with Gasteiger partial charge >= 0.3 is 0 Å². The summed E-state index contributed by atoms with van der Waals surface area (Å²) in [4.78, 5) is 14.8. The molecule has 0 saturated carbocycles. The zero-order valence-electron chi connectivity index (χ0n) is 10.5. The number of amides is 1. The molecule has 1 amide bonds. The summed E-state index contributed by atoms with van der Waals surface area (Å²) >= 11 is 7.39. The standard InChI is InChI=1S/C12H17ClN2OS.ClH/c1-12(2)7-15(5-3-9(12)14)11(16)10-8(13)4-6-17-10;/h4,6,9H,3,5,7,14H2,1-2H3;1H. The fourth-order valence-electron chi connectivity index (χ4n) is 2.14. The number of carbonyl (C=O) groups is 1. The van der Waals surface area contributed by atoms with Crippen LogP contribution in [0, 0.1) is 5.41 Å². The van der Waals surface area contributed by atoms with Gasteiger partial charge in [0, 0.05) is 19.1 Å². The number of piperidine rings is 1. The van der Waals surface area contributed by atoms with Crippen LogP contribution in [0.1, 0.15) is 29.9 Å². The third-order valence-corrected chi connectivity index (χ3v) is 4.74. The molecule has 1 saturated heterocycles. The highest BCUT2D eigenvalue weighted by Gasteiger charge is 2.36. The van der Waals surface area contributed by atoms with Gasteiger partial charge in [-0.05, 0) is 23.3 Å². The predicted octanol–water partition coefficient (Wildman–Crippen LogP) is 3.02. The molecule has 1 aliphatic rings. The number of rotatable bonds is 1. The highest BCUT2D eigenvalue weighted by molar-refractivity contribution is 7.12. The molecule has 18 heavy (non-hydrogen) atoms. The van der Waals surface area contributed by atoms with E-state index in [1.165, 1.54) is 11.3 Å². The molecule has 0 aliphatic carbocycles. The Morgan fingerprint density at radius 2 is 2.28 bits per heavy atom. The lowest BCUT2D eigenvalue weighted by molar-refractivity contribution is 0.0538. The second-order valence-electron chi connectivity index (χ2n) is 5.21. The summed E-state index contributed by atoms with van der Waals surface area (Å²) in [6.45, 7) is 5.62. The van der Waals surface area contributed by atoms with Crippen LogP contribution < -0.4 is 5.73 Å². The van der Waals surface area contributed by atoms with Gasteiger partial charge in [0.05, 0.1) is 5.02 Å². The number of likely N-dealkylation sites (tertiary alicyclic amines) is 1. The van der Waals surface area contributed by atoms with E-state index in [1.54, 1.807) is 6.07 Å². The smallest absolute Gasteiger partial charge is 0.265 e. The molecule has 1 fully saturated rings. The number of thiophene rings is 1. The lowest BCUT2D eigenvalue weighted by atomic mass is 9.79. The molecule has 0 radical (unpaired) electrons. The summed E-state index contributed by atoms with van der Waals surface area (Å²) in [5, 5.41) is 2.39. The maximum atomic E-state index is 12.3. The second-order valence-corrected chi connectivity index (χ2v) is 6.53. The van der Waals surface area contributed by atoms with E-state index in [1.807, 2.05) is 10.3 Å². The van der Waals surface area contributed by atoms with Gasteiger partial charge in [-0.1, -0.05) is 25.4 Å². The summed E-state index contributed by atoms with van der Waals surface area (Å²) in [6, 6.07) is 1.92. The molecular weight excluding hydrogens is 291 g/mol. The van der Waals surface area contributed by atoms with Crippen LogP contribution in [0.2, 0.25) is 5.02 Å². The van der Waals surface area contributed by atoms with Gasteiger partial charge in [0.1, 0.15) is 4.88 Å². The van der Waals surface area contributed by atoms with Crippen molar-refractivity contribution < 1.29 is 4.79 Å². The average Bonchev–Trinajstić information content (AvgIpc) is 2.67. The molecule has 1 aromatic rings. The largest absolute Gasteiger partial charge is 0.337 e. The average molecular weight is 309 g/mol. The van der Waals surface area contributed by atoms with Gasteiger partial charge in [-0.3, -0.25) is 4.79 Å². The quantitative estimate of drug-likeness (QED) is 0.867. The van der Waals surface area contributed by atoms with E-state index in [4.69, 9.17) is 17.3 Å². The Bertz CT molecular complexity index is 433. The van der Waals surface area contributed by atoms with Crippen molar-refractivity contribution in [3.05, 3.63) is 21.3 Å². The van der Waals surface area contributed by atoms with Crippen molar-refractivity contribution in [2.45, 2.75) is 26.3 Å². The third kappa shape index (κ3) is 2.99. The first-order valence-corrected chi connectivity index (χ1v) is 6.95. The zero-order valence-corrected chi connectivity index (χ0v) is 12.9. The molecule has 1 atom stereocenters. The first-order valence-electron chi connectivity index (χ1n) is 5.69. The lowest BCUT2D eigenvalue weighted by Gasteiger charge is -2.42. The molecule has 0 spiro atoms. The predicted molar refractivity (Wildman–Crippen MR) is 78.9 cm³/mol. The van der Waals surface area contributed by atoms with Crippen LogP contribution in [-0.4, -0.2) is 29.9 Å². The van der Waals surface area contributed by atoms with E-state index >= 15 is 0 Å². The third-order valence-electron chi connectivity index (χ3n) is 3.41. The molecular formula is C12H18Cl2N2OS. The zero-order chi connectivity index (χ0) is 12.6. The fourth-order valence-corrected chi connectivity index (χ4v) is 3.24.